The number of rotatable bonds is 3. The lowest BCUT2D eigenvalue weighted by Crippen LogP contribution is -2.44. The lowest BCUT2D eigenvalue weighted by molar-refractivity contribution is -0.384. The molecule has 96 valence electrons. The normalized spacial score (nSPS) is 19.6. The molecule has 1 atom stereocenters. The fourth-order valence-electron chi connectivity index (χ4n) is 2.40. The number of aromatic nitrogens is 1. The molecule has 1 aliphatic rings. The number of Topliss-reactive ketones (excluding diaryl/α,β-unsaturated/α-hetero) is 1. The van der Waals surface area contributed by atoms with Gasteiger partial charge in [0, 0.05) is 12.7 Å². The van der Waals surface area contributed by atoms with Gasteiger partial charge in [-0.15, -0.1) is 0 Å². The second-order valence-electron chi connectivity index (χ2n) is 4.44. The van der Waals surface area contributed by atoms with Gasteiger partial charge < -0.3 is 4.90 Å². The number of piperidine rings is 1. The third-order valence-corrected chi connectivity index (χ3v) is 3.26. The second kappa shape index (κ2) is 5.12. The molecule has 6 nitrogen and oxygen atoms in total. The summed E-state index contributed by atoms with van der Waals surface area (Å²) in [5.41, 5.74) is 0.459. The SMILES string of the molecule is CC(=O)C1CCCCN1c1ccncc1[N+](=O)[O-]. The molecule has 0 N–H and O–H groups in total. The van der Waals surface area contributed by atoms with E-state index < -0.39 is 4.92 Å². The number of carbonyl (C=O) groups is 1. The van der Waals surface area contributed by atoms with E-state index in [1.54, 1.807) is 6.07 Å². The van der Waals surface area contributed by atoms with Crippen molar-refractivity contribution in [2.75, 3.05) is 11.4 Å². The van der Waals surface area contributed by atoms with Crippen molar-refractivity contribution in [2.45, 2.75) is 32.2 Å². The first-order valence-corrected chi connectivity index (χ1v) is 5.96. The Morgan fingerprint density at radius 3 is 3.00 bits per heavy atom. The van der Waals surface area contributed by atoms with Gasteiger partial charge >= 0.3 is 5.69 Å². The van der Waals surface area contributed by atoms with Gasteiger partial charge in [0.25, 0.3) is 0 Å². The summed E-state index contributed by atoms with van der Waals surface area (Å²) in [5.74, 6) is 0.0563. The Labute approximate surface area is 105 Å². The molecule has 1 aliphatic heterocycles. The zero-order valence-corrected chi connectivity index (χ0v) is 10.2. The van der Waals surface area contributed by atoms with E-state index >= 15 is 0 Å². The molecule has 0 amide bonds. The van der Waals surface area contributed by atoms with Gasteiger partial charge in [0.2, 0.25) is 0 Å². The Morgan fingerprint density at radius 2 is 2.33 bits per heavy atom. The smallest absolute Gasteiger partial charge is 0.310 e. The average Bonchev–Trinajstić information content (AvgIpc) is 2.38. The summed E-state index contributed by atoms with van der Waals surface area (Å²) in [6.07, 6.45) is 5.45. The van der Waals surface area contributed by atoms with Crippen LogP contribution >= 0.6 is 0 Å². The number of hydrogen-bond donors (Lipinski definition) is 0. The third-order valence-electron chi connectivity index (χ3n) is 3.26. The van der Waals surface area contributed by atoms with Gasteiger partial charge in [-0.3, -0.25) is 19.9 Å². The Hall–Kier alpha value is -1.98. The number of carbonyl (C=O) groups excluding carboxylic acids is 1. The number of ketones is 1. The highest BCUT2D eigenvalue weighted by atomic mass is 16.6. The van der Waals surface area contributed by atoms with E-state index in [2.05, 4.69) is 4.98 Å². The standard InChI is InChI=1S/C12H15N3O3/c1-9(16)10-4-2-3-7-14(10)11-5-6-13-8-12(11)15(17)18/h5-6,8,10H,2-4,7H2,1H3. The highest BCUT2D eigenvalue weighted by Gasteiger charge is 2.30. The van der Waals surface area contributed by atoms with Crippen molar-refractivity contribution in [2.24, 2.45) is 0 Å². The van der Waals surface area contributed by atoms with Crippen molar-refractivity contribution in [3.8, 4) is 0 Å². The van der Waals surface area contributed by atoms with Crippen LogP contribution in [0.5, 0.6) is 0 Å². The lowest BCUT2D eigenvalue weighted by atomic mass is 9.98. The molecule has 1 saturated heterocycles. The molecule has 1 aromatic heterocycles. The Bertz CT molecular complexity index is 475. The zero-order chi connectivity index (χ0) is 13.1. The van der Waals surface area contributed by atoms with Crippen LogP contribution in [0.2, 0.25) is 0 Å². The van der Waals surface area contributed by atoms with Crippen molar-refractivity contribution in [3.05, 3.63) is 28.6 Å². The minimum atomic E-state index is -0.450. The number of hydrogen-bond acceptors (Lipinski definition) is 5. The number of pyridine rings is 1. The van der Waals surface area contributed by atoms with Gasteiger partial charge in [-0.25, -0.2) is 0 Å². The molecule has 18 heavy (non-hydrogen) atoms. The van der Waals surface area contributed by atoms with Gasteiger partial charge in [-0.2, -0.15) is 0 Å². The first-order chi connectivity index (χ1) is 8.61. The predicted molar refractivity (Wildman–Crippen MR) is 66.6 cm³/mol. The first kappa shape index (κ1) is 12.5. The quantitative estimate of drug-likeness (QED) is 0.604. The summed E-state index contributed by atoms with van der Waals surface area (Å²) in [6.45, 7) is 2.21. The Balaban J connectivity index is 2.39. The van der Waals surface area contributed by atoms with Crippen molar-refractivity contribution < 1.29 is 9.72 Å². The average molecular weight is 249 g/mol. The molecular weight excluding hydrogens is 234 g/mol. The summed E-state index contributed by atoms with van der Waals surface area (Å²) in [7, 11) is 0. The molecule has 1 unspecified atom stereocenters. The van der Waals surface area contributed by atoms with E-state index in [1.165, 1.54) is 19.3 Å². The number of nitrogens with zero attached hydrogens (tertiary/aromatic N) is 3. The zero-order valence-electron chi connectivity index (χ0n) is 10.2. The number of nitro groups is 1. The Kier molecular flexibility index (Phi) is 3.55. The van der Waals surface area contributed by atoms with Gasteiger partial charge in [0.1, 0.15) is 11.9 Å². The highest BCUT2D eigenvalue weighted by Crippen LogP contribution is 2.32. The monoisotopic (exact) mass is 249 g/mol. The van der Waals surface area contributed by atoms with E-state index in [4.69, 9.17) is 0 Å². The summed E-state index contributed by atoms with van der Waals surface area (Å²) in [6, 6.07) is 1.36. The van der Waals surface area contributed by atoms with Crippen LogP contribution in [0.1, 0.15) is 26.2 Å². The van der Waals surface area contributed by atoms with Crippen LogP contribution in [0.25, 0.3) is 0 Å². The van der Waals surface area contributed by atoms with E-state index in [-0.39, 0.29) is 17.5 Å². The lowest BCUT2D eigenvalue weighted by Gasteiger charge is -2.35. The molecule has 0 bridgehead atoms. The van der Waals surface area contributed by atoms with Crippen molar-refractivity contribution >= 4 is 17.2 Å². The van der Waals surface area contributed by atoms with E-state index in [0.717, 1.165) is 19.3 Å². The van der Waals surface area contributed by atoms with Crippen LogP contribution < -0.4 is 4.90 Å². The molecule has 0 saturated carbocycles. The Morgan fingerprint density at radius 1 is 1.56 bits per heavy atom. The minimum Gasteiger partial charge on any atom is -0.356 e. The topological polar surface area (TPSA) is 76.3 Å². The number of anilines is 1. The van der Waals surface area contributed by atoms with E-state index in [1.807, 2.05) is 4.90 Å². The third kappa shape index (κ3) is 2.32. The van der Waals surface area contributed by atoms with Crippen LogP contribution in [-0.4, -0.2) is 28.3 Å². The molecular formula is C12H15N3O3. The second-order valence-corrected chi connectivity index (χ2v) is 4.44. The molecule has 1 fully saturated rings. The van der Waals surface area contributed by atoms with E-state index in [0.29, 0.717) is 12.2 Å². The molecule has 2 heterocycles. The molecule has 1 aromatic rings. The molecule has 0 aromatic carbocycles. The largest absolute Gasteiger partial charge is 0.356 e. The molecule has 6 heteroatoms. The minimum absolute atomic E-state index is 0.0364. The first-order valence-electron chi connectivity index (χ1n) is 5.96. The fourth-order valence-corrected chi connectivity index (χ4v) is 2.40. The summed E-state index contributed by atoms with van der Waals surface area (Å²) in [4.78, 5) is 27.8. The molecule has 0 radical (unpaired) electrons. The van der Waals surface area contributed by atoms with Crippen LogP contribution in [0.4, 0.5) is 11.4 Å². The van der Waals surface area contributed by atoms with E-state index in [9.17, 15) is 14.9 Å². The molecule has 0 spiro atoms. The predicted octanol–water partition coefficient (Wildman–Crippen LogP) is 1.94. The maximum Gasteiger partial charge on any atom is 0.310 e. The van der Waals surface area contributed by atoms with Gasteiger partial charge in [0.15, 0.2) is 5.78 Å². The molecule has 0 aliphatic carbocycles. The summed E-state index contributed by atoms with van der Waals surface area (Å²) >= 11 is 0. The van der Waals surface area contributed by atoms with Gasteiger partial charge in [-0.05, 0) is 32.3 Å². The van der Waals surface area contributed by atoms with Crippen LogP contribution in [0.15, 0.2) is 18.5 Å². The van der Waals surface area contributed by atoms with Crippen LogP contribution in [-0.2, 0) is 4.79 Å². The van der Waals surface area contributed by atoms with Gasteiger partial charge in [-0.1, -0.05) is 0 Å². The fraction of sp³-hybridized carbons (Fsp3) is 0.500. The maximum absolute atomic E-state index is 11.6. The van der Waals surface area contributed by atoms with Crippen LogP contribution in [0, 0.1) is 10.1 Å². The molecule has 2 rings (SSSR count). The van der Waals surface area contributed by atoms with Crippen molar-refractivity contribution in [1.29, 1.82) is 0 Å². The van der Waals surface area contributed by atoms with Crippen molar-refractivity contribution in [1.82, 2.24) is 4.98 Å². The summed E-state index contributed by atoms with van der Waals surface area (Å²) < 4.78 is 0. The summed E-state index contributed by atoms with van der Waals surface area (Å²) in [5, 5.41) is 11.0. The highest BCUT2D eigenvalue weighted by molar-refractivity contribution is 5.86. The van der Waals surface area contributed by atoms with Gasteiger partial charge in [0.05, 0.1) is 11.0 Å². The van der Waals surface area contributed by atoms with Crippen molar-refractivity contribution in [3.63, 3.8) is 0 Å². The van der Waals surface area contributed by atoms with Crippen LogP contribution in [0.3, 0.4) is 0 Å². The maximum atomic E-state index is 11.6.